The summed E-state index contributed by atoms with van der Waals surface area (Å²) in [4.78, 5) is 12.1. The Morgan fingerprint density at radius 2 is 2.37 bits per heavy atom. The van der Waals surface area contributed by atoms with Crippen LogP contribution in [0.15, 0.2) is 6.07 Å². The van der Waals surface area contributed by atoms with Crippen LogP contribution in [-0.4, -0.2) is 46.6 Å². The number of aliphatic hydroxyl groups is 1. The van der Waals surface area contributed by atoms with E-state index in [2.05, 4.69) is 15.5 Å². The smallest absolute Gasteiger partial charge is 0.253 e. The molecule has 19 heavy (non-hydrogen) atoms. The van der Waals surface area contributed by atoms with Crippen LogP contribution in [0.4, 0.5) is 0 Å². The first-order valence-corrected chi connectivity index (χ1v) is 6.45. The van der Waals surface area contributed by atoms with E-state index >= 15 is 0 Å². The van der Waals surface area contributed by atoms with Crippen molar-refractivity contribution in [2.45, 2.75) is 32.3 Å². The van der Waals surface area contributed by atoms with E-state index in [1.165, 1.54) is 0 Å². The fourth-order valence-corrected chi connectivity index (χ4v) is 2.05. The highest BCUT2D eigenvalue weighted by Crippen LogP contribution is 2.17. The summed E-state index contributed by atoms with van der Waals surface area (Å²) in [6, 6.07) is 1.72. The maximum Gasteiger partial charge on any atom is 0.253 e. The van der Waals surface area contributed by atoms with Crippen molar-refractivity contribution >= 4 is 5.91 Å². The molecule has 1 unspecified atom stereocenters. The van der Waals surface area contributed by atoms with Crippen molar-refractivity contribution in [1.82, 2.24) is 15.5 Å². The lowest BCUT2D eigenvalue weighted by Crippen LogP contribution is -2.43. The van der Waals surface area contributed by atoms with Gasteiger partial charge in [0.1, 0.15) is 5.60 Å². The second-order valence-corrected chi connectivity index (χ2v) is 4.91. The fraction of sp³-hybridized carbons (Fsp3) is 0.615. The summed E-state index contributed by atoms with van der Waals surface area (Å²) in [5.41, 5.74) is 0.943. The van der Waals surface area contributed by atoms with Gasteiger partial charge in [0, 0.05) is 19.6 Å². The van der Waals surface area contributed by atoms with Gasteiger partial charge >= 0.3 is 0 Å². The third-order valence-electron chi connectivity index (χ3n) is 3.23. The average molecular weight is 265 g/mol. The van der Waals surface area contributed by atoms with Crippen LogP contribution in [0.3, 0.4) is 0 Å². The minimum atomic E-state index is -0.947. The number of carbonyl (C=O) groups excluding carboxylic acids is 1. The van der Waals surface area contributed by atoms with E-state index in [-0.39, 0.29) is 19.1 Å². The van der Waals surface area contributed by atoms with Crippen molar-refractivity contribution in [2.75, 3.05) is 19.8 Å². The highest BCUT2D eigenvalue weighted by atomic mass is 16.5. The Balaban J connectivity index is 2.05. The predicted octanol–water partition coefficient (Wildman–Crippen LogP) is 0.229. The third kappa shape index (κ3) is 3.27. The molecule has 1 aliphatic rings. The number of nitrogens with zero attached hydrogens (tertiary/aromatic N) is 2. The number of carbonyl (C=O) groups is 1. The first-order chi connectivity index (χ1) is 9.04. The second kappa shape index (κ2) is 5.63. The van der Waals surface area contributed by atoms with Gasteiger partial charge in [-0.3, -0.25) is 4.79 Å². The molecule has 1 amide bonds. The van der Waals surface area contributed by atoms with Crippen molar-refractivity contribution in [3.63, 3.8) is 0 Å². The summed E-state index contributed by atoms with van der Waals surface area (Å²) >= 11 is 0. The zero-order chi connectivity index (χ0) is 13.9. The van der Waals surface area contributed by atoms with Crippen molar-refractivity contribution in [3.8, 4) is 0 Å². The Bertz CT molecular complexity index is 470. The topological polar surface area (TPSA) is 84.3 Å². The van der Waals surface area contributed by atoms with Crippen molar-refractivity contribution < 1.29 is 14.6 Å². The van der Waals surface area contributed by atoms with Crippen molar-refractivity contribution in [3.05, 3.63) is 23.0 Å². The van der Waals surface area contributed by atoms with Crippen LogP contribution in [0.1, 0.15) is 35.1 Å². The molecule has 2 N–H and O–H groups in total. The summed E-state index contributed by atoms with van der Waals surface area (Å²) in [5.74, 6) is -0.227. The molecular formula is C13H19N3O3. The molecular weight excluding hydrogens is 246 g/mol. The zero-order valence-corrected chi connectivity index (χ0v) is 11.3. The van der Waals surface area contributed by atoms with Gasteiger partial charge in [-0.15, -0.1) is 0 Å². The lowest BCUT2D eigenvalue weighted by atomic mass is 10.0. The number of hydrogen-bond acceptors (Lipinski definition) is 5. The van der Waals surface area contributed by atoms with Crippen LogP contribution >= 0.6 is 0 Å². The predicted molar refractivity (Wildman–Crippen MR) is 68.9 cm³/mol. The molecule has 0 saturated carbocycles. The number of hydrogen-bond donors (Lipinski definition) is 2. The van der Waals surface area contributed by atoms with Gasteiger partial charge in [0.25, 0.3) is 5.91 Å². The summed E-state index contributed by atoms with van der Waals surface area (Å²) in [6.07, 6.45) is 1.19. The minimum absolute atomic E-state index is 0.191. The van der Waals surface area contributed by atoms with Gasteiger partial charge in [-0.1, -0.05) is 6.92 Å². The van der Waals surface area contributed by atoms with E-state index in [4.69, 9.17) is 4.74 Å². The molecule has 0 radical (unpaired) electrons. The molecule has 1 fully saturated rings. The van der Waals surface area contributed by atoms with Gasteiger partial charge in [0.2, 0.25) is 0 Å². The summed E-state index contributed by atoms with van der Waals surface area (Å²) in [5, 5.41) is 20.8. The number of rotatable bonds is 4. The fourth-order valence-electron chi connectivity index (χ4n) is 2.05. The Morgan fingerprint density at radius 3 is 3.00 bits per heavy atom. The lowest BCUT2D eigenvalue weighted by molar-refractivity contribution is 0.0264. The first-order valence-electron chi connectivity index (χ1n) is 6.45. The minimum Gasteiger partial charge on any atom is -0.386 e. The molecule has 1 atom stereocenters. The van der Waals surface area contributed by atoms with Gasteiger partial charge in [-0.05, 0) is 19.4 Å². The lowest BCUT2D eigenvalue weighted by Gasteiger charge is -2.20. The molecule has 1 saturated heterocycles. The average Bonchev–Trinajstić information content (AvgIpc) is 2.83. The Morgan fingerprint density at radius 1 is 1.58 bits per heavy atom. The largest absolute Gasteiger partial charge is 0.386 e. The third-order valence-corrected chi connectivity index (χ3v) is 3.23. The Hall–Kier alpha value is -1.53. The van der Waals surface area contributed by atoms with Crippen LogP contribution in [0.25, 0.3) is 0 Å². The van der Waals surface area contributed by atoms with Crippen molar-refractivity contribution in [1.29, 1.82) is 0 Å². The van der Waals surface area contributed by atoms with Crippen molar-refractivity contribution in [2.24, 2.45) is 0 Å². The van der Waals surface area contributed by atoms with E-state index in [1.807, 2.05) is 6.92 Å². The SMILES string of the molecule is CCc1nnc(C)cc1C(=O)NCC1(O)CCOC1. The van der Waals surface area contributed by atoms with Gasteiger partial charge in [0.15, 0.2) is 0 Å². The molecule has 0 aliphatic carbocycles. The normalized spacial score (nSPS) is 22.5. The van der Waals surface area contributed by atoms with E-state index in [9.17, 15) is 9.90 Å². The summed E-state index contributed by atoms with van der Waals surface area (Å²) < 4.78 is 5.14. The zero-order valence-electron chi connectivity index (χ0n) is 11.3. The van der Waals surface area contributed by atoms with Gasteiger partial charge < -0.3 is 15.2 Å². The molecule has 0 bridgehead atoms. The van der Waals surface area contributed by atoms with Gasteiger partial charge in [-0.2, -0.15) is 10.2 Å². The van der Waals surface area contributed by atoms with Crippen LogP contribution in [-0.2, 0) is 11.2 Å². The molecule has 1 aromatic rings. The number of ether oxygens (including phenoxy) is 1. The van der Waals surface area contributed by atoms with Crippen LogP contribution in [0.2, 0.25) is 0 Å². The standard InChI is InChI=1S/C13H19N3O3/c1-3-11-10(6-9(2)15-16-11)12(17)14-7-13(18)4-5-19-8-13/h6,18H,3-5,7-8H2,1-2H3,(H,14,17). The molecule has 6 heteroatoms. The second-order valence-electron chi connectivity index (χ2n) is 4.91. The van der Waals surface area contributed by atoms with E-state index < -0.39 is 5.60 Å². The monoisotopic (exact) mass is 265 g/mol. The number of amides is 1. The maximum absolute atomic E-state index is 12.1. The molecule has 6 nitrogen and oxygen atoms in total. The molecule has 104 valence electrons. The van der Waals surface area contributed by atoms with E-state index in [1.54, 1.807) is 13.0 Å². The van der Waals surface area contributed by atoms with Crippen LogP contribution < -0.4 is 5.32 Å². The van der Waals surface area contributed by atoms with Crippen LogP contribution in [0, 0.1) is 6.92 Å². The molecule has 1 aliphatic heterocycles. The molecule has 2 heterocycles. The highest BCUT2D eigenvalue weighted by Gasteiger charge is 2.32. The van der Waals surface area contributed by atoms with E-state index in [0.29, 0.717) is 36.4 Å². The molecule has 0 spiro atoms. The number of nitrogens with one attached hydrogen (secondary N) is 1. The summed E-state index contributed by atoms with van der Waals surface area (Å²) in [7, 11) is 0. The maximum atomic E-state index is 12.1. The molecule has 0 aromatic carbocycles. The highest BCUT2D eigenvalue weighted by molar-refractivity contribution is 5.95. The van der Waals surface area contributed by atoms with Gasteiger partial charge in [-0.25, -0.2) is 0 Å². The van der Waals surface area contributed by atoms with E-state index in [0.717, 1.165) is 0 Å². The number of aromatic nitrogens is 2. The quantitative estimate of drug-likeness (QED) is 0.814. The summed E-state index contributed by atoms with van der Waals surface area (Å²) in [6.45, 7) is 4.70. The Kier molecular flexibility index (Phi) is 4.11. The van der Waals surface area contributed by atoms with Crippen LogP contribution in [0.5, 0.6) is 0 Å². The first kappa shape index (κ1) is 13.9. The Labute approximate surface area is 112 Å². The van der Waals surface area contributed by atoms with Gasteiger partial charge in [0.05, 0.1) is 23.6 Å². The number of aryl methyl sites for hydroxylation is 2. The molecule has 2 rings (SSSR count). The molecule has 1 aromatic heterocycles.